The van der Waals surface area contributed by atoms with Gasteiger partial charge >= 0.3 is 17.6 Å². The fraction of sp³-hybridized carbons (Fsp3) is 0.240. The molecule has 0 aliphatic carbocycles. The van der Waals surface area contributed by atoms with Crippen LogP contribution in [0.2, 0.25) is 0 Å². The van der Waals surface area contributed by atoms with E-state index in [2.05, 4.69) is 4.98 Å². The molecule has 8 nitrogen and oxygen atoms in total. The van der Waals surface area contributed by atoms with Crippen molar-refractivity contribution in [3.05, 3.63) is 98.2 Å². The van der Waals surface area contributed by atoms with Gasteiger partial charge < -0.3 is 13.7 Å². The first-order valence-electron chi connectivity index (χ1n) is 10.9. The zero-order valence-corrected chi connectivity index (χ0v) is 19.6. The lowest BCUT2D eigenvalue weighted by atomic mass is 10.1. The zero-order chi connectivity index (χ0) is 26.0. The van der Waals surface area contributed by atoms with Gasteiger partial charge in [-0.15, -0.1) is 4.74 Å². The molecule has 0 amide bonds. The van der Waals surface area contributed by atoms with Crippen LogP contribution in [0.25, 0.3) is 17.0 Å². The molecule has 1 N–H and O–H groups in total. The summed E-state index contributed by atoms with van der Waals surface area (Å²) in [6.07, 6.45) is -2.64. The zero-order valence-electron chi connectivity index (χ0n) is 19.6. The number of benzene rings is 2. The van der Waals surface area contributed by atoms with Gasteiger partial charge in [-0.1, -0.05) is 18.2 Å². The van der Waals surface area contributed by atoms with E-state index in [4.69, 9.17) is 13.7 Å². The molecule has 4 aromatic rings. The minimum Gasteiger partial charge on any atom is -0.487 e. The highest BCUT2D eigenvalue weighted by Crippen LogP contribution is 2.31. The van der Waals surface area contributed by atoms with Gasteiger partial charge in [-0.2, -0.15) is 13.2 Å². The van der Waals surface area contributed by atoms with Crippen LogP contribution in [0.1, 0.15) is 42.5 Å². The molecule has 0 saturated carbocycles. The summed E-state index contributed by atoms with van der Waals surface area (Å²) in [5.41, 5.74) is 1.21. The summed E-state index contributed by atoms with van der Waals surface area (Å²) >= 11 is 0. The molecule has 11 heteroatoms. The van der Waals surface area contributed by atoms with Gasteiger partial charge in [0.15, 0.2) is 0 Å². The average Bonchev–Trinajstić information content (AvgIpc) is 3.38. The van der Waals surface area contributed by atoms with Gasteiger partial charge in [0.1, 0.15) is 23.8 Å². The van der Waals surface area contributed by atoms with Crippen molar-refractivity contribution in [2.24, 2.45) is 0 Å². The Balaban J connectivity index is 1.46. The quantitative estimate of drug-likeness (QED) is 0.366. The van der Waals surface area contributed by atoms with Gasteiger partial charge in [0.2, 0.25) is 5.89 Å². The third-order valence-corrected chi connectivity index (χ3v) is 5.47. The minimum absolute atomic E-state index is 0.0858. The molecule has 2 heterocycles. The molecule has 0 spiro atoms. The molecular formula is C25H22F3N3O5. The number of H-pyrrole nitrogens is 1. The van der Waals surface area contributed by atoms with E-state index in [0.717, 1.165) is 28.0 Å². The SMILES string of the molecule is CC(=CC(C)n1oc(=O)[nH]c1=O)c1cccc(OCc2nc(-c3ccc(C(F)(F)F)cc3)oc2C)c1. The molecule has 0 fully saturated rings. The number of aromatic nitrogens is 3. The van der Waals surface area contributed by atoms with E-state index in [1.54, 1.807) is 38.1 Å². The molecule has 0 saturated heterocycles. The molecule has 1 atom stereocenters. The lowest BCUT2D eigenvalue weighted by Gasteiger charge is -2.10. The van der Waals surface area contributed by atoms with Crippen molar-refractivity contribution < 1.29 is 26.8 Å². The molecule has 36 heavy (non-hydrogen) atoms. The molecule has 0 radical (unpaired) electrons. The van der Waals surface area contributed by atoms with Crippen LogP contribution in [-0.4, -0.2) is 14.7 Å². The summed E-state index contributed by atoms with van der Waals surface area (Å²) in [5, 5.41) is 0. The molecular weight excluding hydrogens is 479 g/mol. The van der Waals surface area contributed by atoms with Crippen molar-refractivity contribution in [2.75, 3.05) is 0 Å². The van der Waals surface area contributed by atoms with Crippen molar-refractivity contribution in [3.8, 4) is 17.2 Å². The molecule has 0 aliphatic rings. The van der Waals surface area contributed by atoms with E-state index in [1.807, 2.05) is 18.0 Å². The molecule has 0 aliphatic heterocycles. The maximum Gasteiger partial charge on any atom is 0.440 e. The van der Waals surface area contributed by atoms with Gasteiger partial charge in [0.05, 0.1) is 11.6 Å². The number of hydrogen-bond acceptors (Lipinski definition) is 6. The van der Waals surface area contributed by atoms with Gasteiger partial charge in [-0.05, 0) is 68.3 Å². The van der Waals surface area contributed by atoms with Crippen molar-refractivity contribution in [1.29, 1.82) is 0 Å². The fourth-order valence-corrected chi connectivity index (χ4v) is 3.56. The van der Waals surface area contributed by atoms with Crippen molar-refractivity contribution in [3.63, 3.8) is 0 Å². The number of alkyl halides is 3. The van der Waals surface area contributed by atoms with Crippen LogP contribution in [0.3, 0.4) is 0 Å². The second-order valence-corrected chi connectivity index (χ2v) is 8.14. The van der Waals surface area contributed by atoms with Gasteiger partial charge in [-0.3, -0.25) is 0 Å². The van der Waals surface area contributed by atoms with Gasteiger partial charge in [0, 0.05) is 5.56 Å². The first-order valence-corrected chi connectivity index (χ1v) is 10.9. The highest BCUT2D eigenvalue weighted by Gasteiger charge is 2.30. The number of nitrogens with one attached hydrogen (secondary N) is 1. The Bertz CT molecular complexity index is 1510. The topological polar surface area (TPSA) is 103 Å². The molecule has 2 aromatic heterocycles. The number of hydrogen-bond donors (Lipinski definition) is 1. The summed E-state index contributed by atoms with van der Waals surface area (Å²) in [7, 11) is 0. The smallest absolute Gasteiger partial charge is 0.440 e. The van der Waals surface area contributed by atoms with Crippen LogP contribution in [0.15, 0.2) is 73.1 Å². The van der Waals surface area contributed by atoms with Crippen LogP contribution < -0.4 is 16.2 Å². The van der Waals surface area contributed by atoms with Crippen LogP contribution in [-0.2, 0) is 12.8 Å². The standard InChI is InChI=1S/C25H22F3N3O5/c1-14(11-15(2)31-23(32)30-24(33)36-31)18-5-4-6-20(12-18)34-13-21-16(3)35-22(29-21)17-7-9-19(10-8-17)25(26,27)28/h4-12,15H,13H2,1-3H3,(H,30,32,33). The minimum atomic E-state index is -4.42. The van der Waals surface area contributed by atoms with E-state index in [-0.39, 0.29) is 12.5 Å². The maximum absolute atomic E-state index is 12.8. The Morgan fingerprint density at radius 1 is 1.19 bits per heavy atom. The highest BCUT2D eigenvalue weighted by molar-refractivity contribution is 5.65. The third kappa shape index (κ3) is 5.51. The fourth-order valence-electron chi connectivity index (χ4n) is 3.56. The van der Waals surface area contributed by atoms with Gasteiger partial charge in [0.25, 0.3) is 0 Å². The Morgan fingerprint density at radius 2 is 1.92 bits per heavy atom. The Labute approximate surface area is 202 Å². The molecule has 0 bridgehead atoms. The highest BCUT2D eigenvalue weighted by atomic mass is 19.4. The lowest BCUT2D eigenvalue weighted by molar-refractivity contribution is -0.137. The predicted octanol–water partition coefficient (Wildman–Crippen LogP) is 5.36. The monoisotopic (exact) mass is 501 g/mol. The lowest BCUT2D eigenvalue weighted by Crippen LogP contribution is -2.19. The van der Waals surface area contributed by atoms with Crippen LogP contribution in [0.5, 0.6) is 5.75 Å². The van der Waals surface area contributed by atoms with E-state index < -0.39 is 29.2 Å². The number of allylic oxidation sites excluding steroid dienone is 2. The van der Waals surface area contributed by atoms with E-state index in [9.17, 15) is 22.8 Å². The van der Waals surface area contributed by atoms with Crippen molar-refractivity contribution >= 4 is 5.57 Å². The van der Waals surface area contributed by atoms with Crippen LogP contribution in [0.4, 0.5) is 13.2 Å². The molecule has 188 valence electrons. The number of aromatic amines is 1. The Kier molecular flexibility index (Phi) is 6.73. The molecule has 2 aromatic carbocycles. The number of halogens is 3. The molecule has 4 rings (SSSR count). The summed E-state index contributed by atoms with van der Waals surface area (Å²) in [4.78, 5) is 29.4. The largest absolute Gasteiger partial charge is 0.487 e. The summed E-state index contributed by atoms with van der Waals surface area (Å²) in [6.45, 7) is 5.35. The van der Waals surface area contributed by atoms with Crippen LogP contribution in [0, 0.1) is 6.92 Å². The summed E-state index contributed by atoms with van der Waals surface area (Å²) in [6, 6.07) is 11.3. The Morgan fingerprint density at radius 3 is 2.56 bits per heavy atom. The first kappa shape index (κ1) is 24.8. The second-order valence-electron chi connectivity index (χ2n) is 8.14. The number of rotatable bonds is 7. The molecule has 1 unspecified atom stereocenters. The average molecular weight is 501 g/mol. The Hall–Kier alpha value is -4.28. The second kappa shape index (κ2) is 9.76. The summed E-state index contributed by atoms with van der Waals surface area (Å²) in [5.74, 6) is 0.423. The maximum atomic E-state index is 12.8. The third-order valence-electron chi connectivity index (χ3n) is 5.47. The number of nitrogens with zero attached hydrogens (tertiary/aromatic N) is 2. The van der Waals surface area contributed by atoms with Crippen LogP contribution >= 0.6 is 0 Å². The number of aryl methyl sites for hydroxylation is 1. The van der Waals surface area contributed by atoms with E-state index in [0.29, 0.717) is 22.8 Å². The van der Waals surface area contributed by atoms with E-state index in [1.165, 1.54) is 12.1 Å². The summed E-state index contributed by atoms with van der Waals surface area (Å²) < 4.78 is 55.7. The van der Waals surface area contributed by atoms with Crippen molar-refractivity contribution in [1.82, 2.24) is 14.7 Å². The normalized spacial score (nSPS) is 13.1. The van der Waals surface area contributed by atoms with E-state index >= 15 is 0 Å². The number of oxazole rings is 1. The van der Waals surface area contributed by atoms with Crippen molar-refractivity contribution in [2.45, 2.75) is 39.6 Å². The predicted molar refractivity (Wildman–Crippen MR) is 124 cm³/mol. The number of ether oxygens (including phenoxy) is 1. The first-order chi connectivity index (χ1) is 17.0. The van der Waals surface area contributed by atoms with Gasteiger partial charge in [-0.25, -0.2) is 19.6 Å².